The lowest BCUT2D eigenvalue weighted by Gasteiger charge is -2.37. The second-order valence-corrected chi connectivity index (χ2v) is 7.93. The highest BCUT2D eigenvalue weighted by Gasteiger charge is 2.44. The highest BCUT2D eigenvalue weighted by molar-refractivity contribution is 6.00. The lowest BCUT2D eigenvalue weighted by Crippen LogP contribution is -2.51. The number of pyridine rings is 1. The number of nitrogens with zero attached hydrogens (tertiary/aromatic N) is 4. The van der Waals surface area contributed by atoms with E-state index in [2.05, 4.69) is 10.1 Å². The van der Waals surface area contributed by atoms with Crippen molar-refractivity contribution in [2.24, 2.45) is 5.73 Å². The third-order valence-electron chi connectivity index (χ3n) is 5.35. The third kappa shape index (κ3) is 4.96. The van der Waals surface area contributed by atoms with Crippen LogP contribution in [0.2, 0.25) is 0 Å². The molecular weight excluding hydrogens is 449 g/mol. The van der Waals surface area contributed by atoms with E-state index < -0.39 is 30.8 Å². The number of halogens is 5. The molecule has 2 aromatic heterocycles. The molecule has 1 amide bonds. The summed E-state index contributed by atoms with van der Waals surface area (Å²) >= 11 is 0. The molecule has 3 aromatic rings. The molecule has 0 aliphatic carbocycles. The molecule has 7 nitrogen and oxygen atoms in total. The van der Waals surface area contributed by atoms with Gasteiger partial charge in [0.05, 0.1) is 17.8 Å². The monoisotopic (exact) mass is 469 g/mol. The second-order valence-electron chi connectivity index (χ2n) is 7.93. The summed E-state index contributed by atoms with van der Waals surface area (Å²) in [5.74, 6) is -0.806. The van der Waals surface area contributed by atoms with Crippen LogP contribution < -0.4 is 5.73 Å². The molecule has 0 bridgehead atoms. The number of morpholine rings is 1. The molecule has 0 saturated carbocycles. The van der Waals surface area contributed by atoms with Crippen LogP contribution in [0.1, 0.15) is 29.5 Å². The summed E-state index contributed by atoms with van der Waals surface area (Å²) in [6.07, 6.45) is -4.55. The summed E-state index contributed by atoms with van der Waals surface area (Å²) in [5.41, 5.74) is 7.12. The number of primary amides is 1. The van der Waals surface area contributed by atoms with Gasteiger partial charge in [0, 0.05) is 36.8 Å². The Balaban J connectivity index is 1.69. The predicted molar refractivity (Wildman–Crippen MR) is 108 cm³/mol. The number of hydrogen-bond acceptors (Lipinski definition) is 5. The molecule has 176 valence electrons. The van der Waals surface area contributed by atoms with Crippen LogP contribution in [0.15, 0.2) is 36.7 Å². The van der Waals surface area contributed by atoms with Crippen LogP contribution in [0.4, 0.5) is 22.0 Å². The van der Waals surface area contributed by atoms with E-state index in [1.807, 2.05) is 0 Å². The van der Waals surface area contributed by atoms with Crippen molar-refractivity contribution < 1.29 is 31.5 Å². The first-order chi connectivity index (χ1) is 15.5. The number of carbonyl (C=O) groups is 1. The Morgan fingerprint density at radius 1 is 1.27 bits per heavy atom. The van der Waals surface area contributed by atoms with E-state index in [1.54, 1.807) is 30.0 Å². The summed E-state index contributed by atoms with van der Waals surface area (Å²) in [6.45, 7) is -1.03. The molecule has 1 aliphatic rings. The molecule has 2 N–H and O–H groups in total. The van der Waals surface area contributed by atoms with Crippen molar-refractivity contribution in [1.29, 1.82) is 0 Å². The second kappa shape index (κ2) is 8.67. The van der Waals surface area contributed by atoms with E-state index in [0.717, 1.165) is 6.20 Å². The van der Waals surface area contributed by atoms with Crippen LogP contribution in [0.25, 0.3) is 22.0 Å². The lowest BCUT2D eigenvalue weighted by molar-refractivity contribution is -0.252. The molecular formula is C21H20F5N5O2. The molecule has 1 fully saturated rings. The molecule has 1 aromatic carbocycles. The Morgan fingerprint density at radius 2 is 2.03 bits per heavy atom. The summed E-state index contributed by atoms with van der Waals surface area (Å²) in [5, 5.41) is 4.18. The Kier molecular flexibility index (Phi) is 6.06. The summed E-state index contributed by atoms with van der Waals surface area (Å²) in [7, 11) is 0. The topological polar surface area (TPSA) is 86.3 Å². The minimum Gasteiger partial charge on any atom is -0.364 e. The van der Waals surface area contributed by atoms with E-state index >= 15 is 0 Å². The van der Waals surface area contributed by atoms with Gasteiger partial charge in [-0.1, -0.05) is 12.1 Å². The van der Waals surface area contributed by atoms with Crippen LogP contribution in [-0.2, 0) is 11.3 Å². The lowest BCUT2D eigenvalue weighted by atomic mass is 10.0. The predicted octanol–water partition coefficient (Wildman–Crippen LogP) is 3.74. The van der Waals surface area contributed by atoms with Gasteiger partial charge in [0.1, 0.15) is 5.69 Å². The van der Waals surface area contributed by atoms with Crippen molar-refractivity contribution in [2.45, 2.75) is 38.4 Å². The van der Waals surface area contributed by atoms with Gasteiger partial charge >= 0.3 is 12.7 Å². The zero-order chi connectivity index (χ0) is 23.9. The van der Waals surface area contributed by atoms with E-state index in [-0.39, 0.29) is 18.8 Å². The summed E-state index contributed by atoms with van der Waals surface area (Å²) < 4.78 is 70.9. The van der Waals surface area contributed by atoms with E-state index in [4.69, 9.17) is 10.5 Å². The van der Waals surface area contributed by atoms with Crippen LogP contribution >= 0.6 is 0 Å². The molecule has 1 saturated heterocycles. The minimum absolute atomic E-state index is 0.0726. The number of fused-ring (bicyclic) bond motifs is 1. The van der Waals surface area contributed by atoms with Crippen molar-refractivity contribution in [2.75, 3.05) is 13.1 Å². The van der Waals surface area contributed by atoms with Gasteiger partial charge in [-0.25, -0.2) is 9.67 Å². The third-order valence-corrected chi connectivity index (χ3v) is 5.35. The zero-order valence-electron chi connectivity index (χ0n) is 17.4. The van der Waals surface area contributed by atoms with Gasteiger partial charge in [-0.3, -0.25) is 9.69 Å². The number of nitrogens with two attached hydrogens (primary N) is 1. The molecule has 33 heavy (non-hydrogen) atoms. The summed E-state index contributed by atoms with van der Waals surface area (Å²) in [4.78, 5) is 17.7. The first-order valence-electron chi connectivity index (χ1n) is 10.0. The van der Waals surface area contributed by atoms with E-state index in [1.165, 1.54) is 12.3 Å². The van der Waals surface area contributed by atoms with Gasteiger partial charge in [-0.15, -0.1) is 0 Å². The van der Waals surface area contributed by atoms with Gasteiger partial charge in [0.2, 0.25) is 0 Å². The molecule has 12 heteroatoms. The Morgan fingerprint density at radius 3 is 2.67 bits per heavy atom. The molecule has 4 rings (SSSR count). The molecule has 0 radical (unpaired) electrons. The first-order valence-corrected chi connectivity index (χ1v) is 10.0. The molecule has 0 spiro atoms. The number of aromatic nitrogens is 3. The number of carbonyl (C=O) groups excluding carboxylic acids is 1. The van der Waals surface area contributed by atoms with Gasteiger partial charge in [0.25, 0.3) is 5.91 Å². The zero-order valence-corrected chi connectivity index (χ0v) is 17.4. The van der Waals surface area contributed by atoms with E-state index in [9.17, 15) is 26.7 Å². The standard InChI is InChI=1S/C21H20F5N5O2/c1-11-7-30(10-18(33-11)21(24,25)26)8-12-2-3-14-15(13-6-28-31(9-13)20(22)23)5-17(19(27)32)29-16(14)4-12/h2-6,9,11,18,20H,7-8,10H2,1H3,(H2,27,32). The van der Waals surface area contributed by atoms with Gasteiger partial charge in [-0.2, -0.15) is 27.1 Å². The smallest absolute Gasteiger partial charge is 0.364 e. The van der Waals surface area contributed by atoms with Crippen LogP contribution in [0, 0.1) is 0 Å². The maximum Gasteiger partial charge on any atom is 0.415 e. The number of benzene rings is 1. The fourth-order valence-corrected chi connectivity index (χ4v) is 3.93. The Hall–Kier alpha value is -3.12. The van der Waals surface area contributed by atoms with Crippen molar-refractivity contribution in [3.8, 4) is 11.1 Å². The highest BCUT2D eigenvalue weighted by Crippen LogP contribution is 2.31. The Bertz CT molecular complexity index is 1180. The van der Waals surface area contributed by atoms with Gasteiger partial charge < -0.3 is 10.5 Å². The molecule has 3 heterocycles. The quantitative estimate of drug-likeness (QED) is 0.576. The first kappa shape index (κ1) is 23.1. The number of ether oxygens (including phenoxy) is 1. The summed E-state index contributed by atoms with van der Waals surface area (Å²) in [6, 6.07) is 6.45. The number of rotatable bonds is 5. The Labute approximate surface area is 184 Å². The fourth-order valence-electron chi connectivity index (χ4n) is 3.93. The number of hydrogen-bond donors (Lipinski definition) is 1. The number of alkyl halides is 5. The van der Waals surface area contributed by atoms with Gasteiger partial charge in [-0.05, 0) is 30.2 Å². The fraction of sp³-hybridized carbons (Fsp3) is 0.381. The molecule has 1 aliphatic heterocycles. The maximum atomic E-state index is 13.2. The number of amides is 1. The van der Waals surface area contributed by atoms with Crippen LogP contribution in [-0.4, -0.2) is 57.0 Å². The van der Waals surface area contributed by atoms with Crippen LogP contribution in [0.5, 0.6) is 0 Å². The van der Waals surface area contributed by atoms with Gasteiger partial charge in [0.15, 0.2) is 6.10 Å². The average molecular weight is 469 g/mol. The van der Waals surface area contributed by atoms with Crippen LogP contribution in [0.3, 0.4) is 0 Å². The maximum absolute atomic E-state index is 13.2. The highest BCUT2D eigenvalue weighted by atomic mass is 19.4. The van der Waals surface area contributed by atoms with Crippen molar-refractivity contribution in [1.82, 2.24) is 19.7 Å². The van der Waals surface area contributed by atoms with Crippen molar-refractivity contribution in [3.63, 3.8) is 0 Å². The largest absolute Gasteiger partial charge is 0.415 e. The molecule has 2 unspecified atom stereocenters. The van der Waals surface area contributed by atoms with Crippen molar-refractivity contribution in [3.05, 3.63) is 47.9 Å². The average Bonchev–Trinajstić information content (AvgIpc) is 3.22. The molecule has 2 atom stereocenters. The normalized spacial score (nSPS) is 20.0. The van der Waals surface area contributed by atoms with Crippen molar-refractivity contribution >= 4 is 16.8 Å². The SMILES string of the molecule is CC1CN(Cc2ccc3c(-c4cnn(C(F)F)c4)cc(C(N)=O)nc3c2)CC(C(F)(F)F)O1. The minimum atomic E-state index is -4.47. The van der Waals surface area contributed by atoms with E-state index in [0.29, 0.717) is 38.8 Å².